The van der Waals surface area contributed by atoms with Crippen molar-refractivity contribution in [3.63, 3.8) is 0 Å². The highest BCUT2D eigenvalue weighted by atomic mass is 32.2. The van der Waals surface area contributed by atoms with Crippen LogP contribution in [-0.4, -0.2) is 52.4 Å². The number of ether oxygens (including phenoxy) is 2. The van der Waals surface area contributed by atoms with Gasteiger partial charge in [0.25, 0.3) is 10.4 Å². The molecule has 0 saturated carbocycles. The molecule has 1 saturated heterocycles. The van der Waals surface area contributed by atoms with E-state index >= 15 is 0 Å². The Balaban J connectivity index is 1.86. The van der Waals surface area contributed by atoms with Crippen molar-refractivity contribution in [1.82, 2.24) is 14.3 Å². The van der Waals surface area contributed by atoms with Crippen LogP contribution in [0.15, 0.2) is 5.16 Å². The van der Waals surface area contributed by atoms with E-state index in [2.05, 4.69) is 15.3 Å². The van der Waals surface area contributed by atoms with Crippen molar-refractivity contribution < 1.29 is 14.3 Å². The molecule has 0 unspecified atom stereocenters. The molecule has 2 rings (SSSR count). The predicted molar refractivity (Wildman–Crippen MR) is 67.9 cm³/mol. The number of thioether (sulfide) groups is 1. The van der Waals surface area contributed by atoms with E-state index in [4.69, 9.17) is 15.9 Å². The highest BCUT2D eigenvalue weighted by molar-refractivity contribution is 8.13. The Kier molecular flexibility index (Phi) is 4.81. The Hall–Kier alpha value is -1.30. The van der Waals surface area contributed by atoms with Gasteiger partial charge in [-0.05, 0) is 0 Å². The van der Waals surface area contributed by atoms with Gasteiger partial charge in [-0.1, -0.05) is 5.92 Å². The zero-order chi connectivity index (χ0) is 12.8. The zero-order valence-electron chi connectivity index (χ0n) is 9.50. The maximum absolute atomic E-state index is 11.9. The van der Waals surface area contributed by atoms with Gasteiger partial charge in [-0.25, -0.2) is 0 Å². The second-order valence-electron chi connectivity index (χ2n) is 3.30. The van der Waals surface area contributed by atoms with Gasteiger partial charge in [0.2, 0.25) is 5.16 Å². The normalized spacial score (nSPS) is 15.2. The highest BCUT2D eigenvalue weighted by Gasteiger charge is 2.20. The topological polar surface area (TPSA) is 64.5 Å². The number of amides is 1. The number of carbonyl (C=O) groups is 1. The second-order valence-corrected chi connectivity index (χ2v) is 4.94. The van der Waals surface area contributed by atoms with Gasteiger partial charge in [-0.2, -0.15) is 9.36 Å². The molecule has 1 aliphatic heterocycles. The predicted octanol–water partition coefficient (Wildman–Crippen LogP) is 1.09. The first-order chi connectivity index (χ1) is 8.79. The van der Waals surface area contributed by atoms with E-state index in [-0.39, 0.29) is 11.8 Å². The molecular formula is C10H11N3O3S2. The Morgan fingerprint density at radius 2 is 2.39 bits per heavy atom. The number of nitrogens with zero attached hydrogens (tertiary/aromatic N) is 3. The molecule has 0 aliphatic carbocycles. The summed E-state index contributed by atoms with van der Waals surface area (Å²) in [6, 6.07) is 0. The lowest BCUT2D eigenvalue weighted by atomic mass is 10.5. The summed E-state index contributed by atoms with van der Waals surface area (Å²) in [5, 5.41) is 0.702. The quantitative estimate of drug-likeness (QED) is 0.612. The molecule has 1 aromatic rings. The lowest BCUT2D eigenvalue weighted by molar-refractivity contribution is 0.0593. The van der Waals surface area contributed by atoms with Crippen molar-refractivity contribution in [1.29, 1.82) is 0 Å². The molecule has 1 amide bonds. The summed E-state index contributed by atoms with van der Waals surface area (Å²) in [4.78, 5) is 17.7. The average molecular weight is 285 g/mol. The minimum absolute atomic E-state index is 0.0698. The van der Waals surface area contributed by atoms with Crippen molar-refractivity contribution in [2.24, 2.45) is 0 Å². The third kappa shape index (κ3) is 3.60. The molecule has 0 aromatic carbocycles. The molecule has 0 N–H and O–H groups in total. The summed E-state index contributed by atoms with van der Waals surface area (Å²) in [7, 11) is 0. The Bertz CT molecular complexity index is 451. The first-order valence-electron chi connectivity index (χ1n) is 5.24. The van der Waals surface area contributed by atoms with Crippen LogP contribution in [0.3, 0.4) is 0 Å². The molecule has 96 valence electrons. The van der Waals surface area contributed by atoms with E-state index in [0.717, 1.165) is 23.3 Å². The van der Waals surface area contributed by atoms with Crippen LogP contribution in [0.5, 0.6) is 5.19 Å². The van der Waals surface area contributed by atoms with Gasteiger partial charge in [-0.15, -0.1) is 6.42 Å². The molecule has 18 heavy (non-hydrogen) atoms. The SMILES string of the molecule is C#CCOc1nc(SC(=O)N2CCOCC2)ns1. The highest BCUT2D eigenvalue weighted by Crippen LogP contribution is 2.24. The van der Waals surface area contributed by atoms with Crippen LogP contribution < -0.4 is 4.74 Å². The Morgan fingerprint density at radius 3 is 3.11 bits per heavy atom. The third-order valence-electron chi connectivity index (χ3n) is 2.12. The second kappa shape index (κ2) is 6.58. The van der Waals surface area contributed by atoms with E-state index in [1.165, 1.54) is 0 Å². The van der Waals surface area contributed by atoms with Crippen LogP contribution in [0.25, 0.3) is 0 Å². The third-order valence-corrected chi connectivity index (χ3v) is 3.66. The lowest BCUT2D eigenvalue weighted by Crippen LogP contribution is -2.38. The fourth-order valence-corrected chi connectivity index (χ4v) is 2.64. The van der Waals surface area contributed by atoms with Gasteiger partial charge in [0.15, 0.2) is 6.61 Å². The van der Waals surface area contributed by atoms with E-state index in [1.54, 1.807) is 4.90 Å². The summed E-state index contributed by atoms with van der Waals surface area (Å²) >= 11 is 2.08. The number of morpholine rings is 1. The van der Waals surface area contributed by atoms with Crippen LogP contribution >= 0.6 is 23.3 Å². The molecule has 0 spiro atoms. The smallest absolute Gasteiger partial charge is 0.294 e. The molecule has 6 nitrogen and oxygen atoms in total. The number of hydrogen-bond donors (Lipinski definition) is 0. The van der Waals surface area contributed by atoms with Gasteiger partial charge in [0.1, 0.15) is 0 Å². The van der Waals surface area contributed by atoms with Crippen molar-refractivity contribution in [3.05, 3.63) is 0 Å². The maximum Gasteiger partial charge on any atom is 0.294 e. The molecule has 8 heteroatoms. The molecule has 0 bridgehead atoms. The number of terminal acetylenes is 1. The summed E-state index contributed by atoms with van der Waals surface area (Å²) in [5.74, 6) is 2.34. The van der Waals surface area contributed by atoms with E-state index < -0.39 is 0 Å². The Morgan fingerprint density at radius 1 is 1.61 bits per heavy atom. The first-order valence-corrected chi connectivity index (χ1v) is 6.83. The van der Waals surface area contributed by atoms with Gasteiger partial charge < -0.3 is 14.4 Å². The van der Waals surface area contributed by atoms with E-state index in [0.29, 0.717) is 36.7 Å². The van der Waals surface area contributed by atoms with Crippen molar-refractivity contribution in [2.45, 2.75) is 5.16 Å². The minimum atomic E-state index is -0.0698. The van der Waals surface area contributed by atoms with E-state index in [1.807, 2.05) is 0 Å². The monoisotopic (exact) mass is 285 g/mol. The summed E-state index contributed by atoms with van der Waals surface area (Å²) in [6.07, 6.45) is 5.07. The summed E-state index contributed by atoms with van der Waals surface area (Å²) < 4.78 is 14.3. The molecular weight excluding hydrogens is 274 g/mol. The standard InChI is InChI=1S/C10H11N3O3S2/c1-2-5-16-9-11-8(12-18-9)17-10(14)13-3-6-15-7-4-13/h1H,3-7H2. The zero-order valence-corrected chi connectivity index (χ0v) is 11.1. The number of hydrogen-bond acceptors (Lipinski definition) is 7. The summed E-state index contributed by atoms with van der Waals surface area (Å²) in [5.41, 5.74) is 0. The molecule has 1 aromatic heterocycles. The molecule has 0 radical (unpaired) electrons. The number of carbonyl (C=O) groups excluding carboxylic acids is 1. The van der Waals surface area contributed by atoms with Gasteiger partial charge >= 0.3 is 0 Å². The van der Waals surface area contributed by atoms with Crippen molar-refractivity contribution >= 4 is 28.5 Å². The van der Waals surface area contributed by atoms with Crippen LogP contribution in [0.4, 0.5) is 4.79 Å². The average Bonchev–Trinajstić information content (AvgIpc) is 2.85. The fraction of sp³-hybridized carbons (Fsp3) is 0.500. The molecule has 1 fully saturated rings. The van der Waals surface area contributed by atoms with Crippen molar-refractivity contribution in [2.75, 3.05) is 32.9 Å². The van der Waals surface area contributed by atoms with Crippen LogP contribution in [0.1, 0.15) is 0 Å². The van der Waals surface area contributed by atoms with Gasteiger partial charge in [0.05, 0.1) is 13.2 Å². The first kappa shape index (κ1) is 13.1. The number of rotatable bonds is 3. The maximum atomic E-state index is 11.9. The van der Waals surface area contributed by atoms with Crippen LogP contribution in [-0.2, 0) is 4.74 Å². The molecule has 2 heterocycles. The van der Waals surface area contributed by atoms with Gasteiger partial charge in [0, 0.05) is 36.4 Å². The largest absolute Gasteiger partial charge is 0.456 e. The molecule has 1 aliphatic rings. The van der Waals surface area contributed by atoms with Crippen molar-refractivity contribution in [3.8, 4) is 17.5 Å². The lowest BCUT2D eigenvalue weighted by Gasteiger charge is -2.25. The fourth-order valence-electron chi connectivity index (χ4n) is 1.29. The summed E-state index contributed by atoms with van der Waals surface area (Å²) in [6.45, 7) is 2.52. The number of aromatic nitrogens is 2. The van der Waals surface area contributed by atoms with Gasteiger partial charge in [-0.3, -0.25) is 4.79 Å². The minimum Gasteiger partial charge on any atom is -0.456 e. The van der Waals surface area contributed by atoms with E-state index in [9.17, 15) is 4.79 Å². The Labute approximate surface area is 113 Å². The molecule has 0 atom stereocenters. The van der Waals surface area contributed by atoms with Crippen LogP contribution in [0, 0.1) is 12.3 Å². The van der Waals surface area contributed by atoms with Crippen LogP contribution in [0.2, 0.25) is 0 Å².